The highest BCUT2D eigenvalue weighted by Crippen LogP contribution is 2.68. The summed E-state index contributed by atoms with van der Waals surface area (Å²) in [7, 11) is 1.47. The number of carbonyl (C=O) groups is 2. The number of methoxy groups -OCH3 is 1. The Bertz CT molecular complexity index is 1750. The number of ketones is 1. The van der Waals surface area contributed by atoms with Crippen molar-refractivity contribution in [3.05, 3.63) is 99.3 Å². The predicted octanol–water partition coefficient (Wildman–Crippen LogP) is 8.85. The third kappa shape index (κ3) is 3.94. The van der Waals surface area contributed by atoms with Gasteiger partial charge in [0.1, 0.15) is 5.92 Å². The van der Waals surface area contributed by atoms with E-state index in [-0.39, 0.29) is 34.4 Å². The normalized spacial score (nSPS) is 29.9. The minimum absolute atomic E-state index is 0.110. The van der Waals surface area contributed by atoms with Crippen LogP contribution in [0, 0.1) is 43.4 Å². The quantitative estimate of drug-likeness (QED) is 0.251. The van der Waals surface area contributed by atoms with Crippen LogP contribution in [0.2, 0.25) is 0 Å². The van der Waals surface area contributed by atoms with Crippen LogP contribution in [-0.2, 0) is 14.3 Å². The highest BCUT2D eigenvalue weighted by Gasteiger charge is 2.59. The number of rotatable bonds is 3. The molecule has 3 aromatic rings. The molecule has 3 aliphatic carbocycles. The van der Waals surface area contributed by atoms with Gasteiger partial charge in [-0.2, -0.15) is 0 Å². The molecular weight excluding hydrogens is 530 g/mol. The van der Waals surface area contributed by atoms with E-state index >= 15 is 0 Å². The lowest BCUT2D eigenvalue weighted by atomic mass is 9.65. The van der Waals surface area contributed by atoms with Crippen LogP contribution in [0.25, 0.3) is 10.8 Å². The molecule has 4 aliphatic rings. The molecule has 1 heterocycles. The number of esters is 1. The number of anilines is 1. The molecule has 4 heteroatoms. The number of carbonyl (C=O) groups excluding carboxylic acids is 2. The van der Waals surface area contributed by atoms with Crippen LogP contribution in [0.1, 0.15) is 86.1 Å². The summed E-state index contributed by atoms with van der Waals surface area (Å²) in [4.78, 5) is 28.3. The number of nitrogens with one attached hydrogen (secondary N) is 1. The standard InChI is InChI=1S/C39H43NO3/c1-21-16-22(2)32(23(3)17-21)30-20-31(41)33-29(19-26-18-25-14-15-39(26,6)38(25,4)5)28-13-12-24-10-8-9-11-27(24)35(28)40-36(33)34(30)37(42)43-7/h8-13,16-17,19,25,29-30,34,40H,14-15,18,20H2,1-7H3/t25-,29-,30+,34+,39+/m0/s1. The van der Waals surface area contributed by atoms with Gasteiger partial charge in [-0.25, -0.2) is 0 Å². The fourth-order valence-electron chi connectivity index (χ4n) is 9.51. The monoisotopic (exact) mass is 573 g/mol. The van der Waals surface area contributed by atoms with E-state index in [1.54, 1.807) is 0 Å². The van der Waals surface area contributed by atoms with Gasteiger partial charge in [-0.15, -0.1) is 0 Å². The Morgan fingerprint density at radius 1 is 1.00 bits per heavy atom. The van der Waals surface area contributed by atoms with Crippen LogP contribution in [0.15, 0.2) is 71.5 Å². The summed E-state index contributed by atoms with van der Waals surface area (Å²) in [6, 6.07) is 17.1. The van der Waals surface area contributed by atoms with Crippen molar-refractivity contribution >= 4 is 28.2 Å². The van der Waals surface area contributed by atoms with E-state index < -0.39 is 5.92 Å². The van der Waals surface area contributed by atoms with Crippen molar-refractivity contribution in [2.24, 2.45) is 22.7 Å². The van der Waals surface area contributed by atoms with Crippen LogP contribution in [-0.4, -0.2) is 18.9 Å². The second-order valence-corrected chi connectivity index (χ2v) is 14.4. The van der Waals surface area contributed by atoms with Crippen molar-refractivity contribution in [3.8, 4) is 0 Å². The van der Waals surface area contributed by atoms with Crippen LogP contribution in [0.4, 0.5) is 5.69 Å². The third-order valence-corrected chi connectivity index (χ3v) is 12.1. The second kappa shape index (κ2) is 9.67. The van der Waals surface area contributed by atoms with E-state index in [0.29, 0.717) is 12.3 Å². The molecule has 1 aliphatic heterocycles. The maximum Gasteiger partial charge on any atom is 0.315 e. The molecule has 2 bridgehead atoms. The molecule has 0 radical (unpaired) electrons. The van der Waals surface area contributed by atoms with E-state index in [4.69, 9.17) is 4.74 Å². The Hall–Kier alpha value is -3.66. The molecule has 0 unspecified atom stereocenters. The van der Waals surface area contributed by atoms with Crippen molar-refractivity contribution in [1.82, 2.24) is 0 Å². The van der Waals surface area contributed by atoms with Gasteiger partial charge in [-0.3, -0.25) is 9.59 Å². The van der Waals surface area contributed by atoms with Crippen LogP contribution in [0.3, 0.4) is 0 Å². The van der Waals surface area contributed by atoms with Crippen LogP contribution >= 0.6 is 0 Å². The van der Waals surface area contributed by atoms with Gasteiger partial charge in [0.15, 0.2) is 5.78 Å². The number of allylic oxidation sites excluding steroid dienone is 3. The first-order chi connectivity index (χ1) is 20.5. The van der Waals surface area contributed by atoms with Gasteiger partial charge >= 0.3 is 5.97 Å². The molecule has 7 rings (SSSR count). The summed E-state index contributed by atoms with van der Waals surface area (Å²) >= 11 is 0. The number of Topliss-reactive ketones (excluding diaryl/α,β-unsaturated/α-hetero) is 1. The fraction of sp³-hybridized carbons (Fsp3) is 0.436. The summed E-state index contributed by atoms with van der Waals surface area (Å²) in [5, 5.41) is 5.97. The Morgan fingerprint density at radius 2 is 1.72 bits per heavy atom. The van der Waals surface area contributed by atoms with Crippen molar-refractivity contribution in [3.63, 3.8) is 0 Å². The molecule has 5 atom stereocenters. The minimum Gasteiger partial charge on any atom is -0.468 e. The molecule has 2 saturated carbocycles. The second-order valence-electron chi connectivity index (χ2n) is 14.4. The highest BCUT2D eigenvalue weighted by atomic mass is 16.5. The highest BCUT2D eigenvalue weighted by molar-refractivity contribution is 6.07. The lowest BCUT2D eigenvalue weighted by molar-refractivity contribution is -0.145. The molecule has 3 aromatic carbocycles. The van der Waals surface area contributed by atoms with Crippen molar-refractivity contribution in [1.29, 1.82) is 0 Å². The Morgan fingerprint density at radius 3 is 2.37 bits per heavy atom. The van der Waals surface area contributed by atoms with Gasteiger partial charge in [0, 0.05) is 34.9 Å². The Kier molecular flexibility index (Phi) is 6.33. The molecule has 0 amide bonds. The SMILES string of the molecule is COC(=O)[C@H]1C2=C(C(=O)C[C@@H]1c1c(C)cc(C)cc1C)[C@@H](C=C1C[C@@H]3CC[C@@]1(C)C3(C)C)c1ccc3ccccc3c1N2. The maximum absolute atomic E-state index is 14.5. The fourth-order valence-corrected chi connectivity index (χ4v) is 9.51. The van der Waals surface area contributed by atoms with Gasteiger partial charge in [-0.05, 0) is 84.4 Å². The predicted molar refractivity (Wildman–Crippen MR) is 173 cm³/mol. The molecular formula is C39H43NO3. The number of aryl methyl sites for hydroxylation is 3. The smallest absolute Gasteiger partial charge is 0.315 e. The summed E-state index contributed by atoms with van der Waals surface area (Å²) in [5.41, 5.74) is 9.91. The van der Waals surface area contributed by atoms with Crippen LogP contribution in [0.5, 0.6) is 0 Å². The lowest BCUT2D eigenvalue weighted by Gasteiger charge is -2.41. The van der Waals surface area contributed by atoms with Gasteiger partial charge in [0.05, 0.1) is 12.8 Å². The first kappa shape index (κ1) is 28.1. The van der Waals surface area contributed by atoms with E-state index in [2.05, 4.69) is 101 Å². The number of fused-ring (bicyclic) bond motifs is 5. The average Bonchev–Trinajstić information content (AvgIpc) is 3.30. The zero-order valence-electron chi connectivity index (χ0n) is 26.6. The maximum atomic E-state index is 14.5. The average molecular weight is 574 g/mol. The van der Waals surface area contributed by atoms with E-state index in [0.717, 1.165) is 56.4 Å². The molecule has 1 N–H and O–H groups in total. The van der Waals surface area contributed by atoms with Gasteiger partial charge in [0.25, 0.3) is 0 Å². The summed E-state index contributed by atoms with van der Waals surface area (Å²) in [6.07, 6.45) is 6.25. The first-order valence-electron chi connectivity index (χ1n) is 15.9. The summed E-state index contributed by atoms with van der Waals surface area (Å²) < 4.78 is 5.52. The number of hydrogen-bond acceptors (Lipinski definition) is 4. The topological polar surface area (TPSA) is 55.4 Å². The number of hydrogen-bond donors (Lipinski definition) is 1. The molecule has 0 spiro atoms. The largest absolute Gasteiger partial charge is 0.468 e. The van der Waals surface area contributed by atoms with Crippen molar-refractivity contribution in [2.45, 2.75) is 79.1 Å². The Balaban J connectivity index is 1.48. The molecule has 0 saturated heterocycles. The first-order valence-corrected chi connectivity index (χ1v) is 15.9. The van der Waals surface area contributed by atoms with Crippen molar-refractivity contribution in [2.75, 3.05) is 12.4 Å². The molecule has 43 heavy (non-hydrogen) atoms. The molecule has 2 fully saturated rings. The lowest BCUT2D eigenvalue weighted by Crippen LogP contribution is -2.40. The zero-order valence-corrected chi connectivity index (χ0v) is 26.6. The molecule has 4 nitrogen and oxygen atoms in total. The van der Waals surface area contributed by atoms with Gasteiger partial charge in [0.2, 0.25) is 0 Å². The number of ether oxygens (including phenoxy) is 1. The number of benzene rings is 3. The van der Waals surface area contributed by atoms with Crippen molar-refractivity contribution < 1.29 is 14.3 Å². The molecule has 222 valence electrons. The van der Waals surface area contributed by atoms with Crippen LogP contribution < -0.4 is 5.32 Å². The van der Waals surface area contributed by atoms with Gasteiger partial charge in [-0.1, -0.05) is 86.5 Å². The minimum atomic E-state index is -0.599. The Labute approximate surface area is 255 Å². The van der Waals surface area contributed by atoms with E-state index in [1.807, 2.05) is 0 Å². The summed E-state index contributed by atoms with van der Waals surface area (Å²) in [5.74, 6) is -0.607. The zero-order chi connectivity index (χ0) is 30.4. The van der Waals surface area contributed by atoms with E-state index in [1.165, 1.54) is 31.1 Å². The summed E-state index contributed by atoms with van der Waals surface area (Å²) in [6.45, 7) is 13.6. The van der Waals surface area contributed by atoms with E-state index in [9.17, 15) is 9.59 Å². The van der Waals surface area contributed by atoms with Gasteiger partial charge < -0.3 is 10.1 Å². The molecule has 0 aromatic heterocycles. The third-order valence-electron chi connectivity index (χ3n) is 12.1.